The van der Waals surface area contributed by atoms with E-state index in [1.54, 1.807) is 11.8 Å². The monoisotopic (exact) mass is 397 g/mol. The van der Waals surface area contributed by atoms with Crippen LogP contribution in [-0.2, 0) is 9.59 Å². The van der Waals surface area contributed by atoms with Gasteiger partial charge in [0.15, 0.2) is 0 Å². The van der Waals surface area contributed by atoms with Gasteiger partial charge in [-0.25, -0.2) is 0 Å². The first-order valence-corrected chi connectivity index (χ1v) is 10.1. The van der Waals surface area contributed by atoms with Crippen molar-refractivity contribution in [2.24, 2.45) is 5.41 Å². The van der Waals surface area contributed by atoms with Gasteiger partial charge in [-0.15, -0.1) is 24.2 Å². The Bertz CT molecular complexity index is 656. The zero-order chi connectivity index (χ0) is 17.9. The molecular formula is C19H28ClN3O2S. The largest absolute Gasteiger partial charge is 0.354 e. The van der Waals surface area contributed by atoms with E-state index in [4.69, 9.17) is 0 Å². The average Bonchev–Trinajstić information content (AvgIpc) is 3.28. The quantitative estimate of drug-likeness (QED) is 0.714. The molecule has 3 N–H and O–H groups in total. The standard InChI is InChI=1S/C19H27N3O2S.ClH/c1-13-5-6-15(9-14(13)2)22-18(24)19(7-3-4-8-19)11-20-17(23)16-10-25-12-21-16;/h5-6,9,16,21H,3-4,7-8,10-12H2,1-2H3,(H,20,23)(H,22,24);1H. The zero-order valence-corrected chi connectivity index (χ0v) is 17.0. The number of halogens is 1. The summed E-state index contributed by atoms with van der Waals surface area (Å²) in [7, 11) is 0. The molecule has 0 radical (unpaired) electrons. The predicted molar refractivity (Wildman–Crippen MR) is 110 cm³/mol. The molecule has 3 rings (SSSR count). The summed E-state index contributed by atoms with van der Waals surface area (Å²) in [6, 6.07) is 5.85. The first-order valence-electron chi connectivity index (χ1n) is 8.98. The molecule has 2 aliphatic rings. The molecule has 0 spiro atoms. The number of aryl methyl sites for hydroxylation is 2. The molecule has 1 aromatic carbocycles. The molecule has 1 atom stereocenters. The maximum atomic E-state index is 13.0. The molecule has 5 nitrogen and oxygen atoms in total. The fourth-order valence-electron chi connectivity index (χ4n) is 3.56. The number of amides is 2. The van der Waals surface area contributed by atoms with E-state index in [0.717, 1.165) is 48.6 Å². The molecule has 2 amide bonds. The van der Waals surface area contributed by atoms with Crippen LogP contribution in [-0.4, -0.2) is 36.0 Å². The molecule has 1 aliphatic carbocycles. The Balaban J connectivity index is 0.00000243. The van der Waals surface area contributed by atoms with E-state index in [9.17, 15) is 9.59 Å². The number of anilines is 1. The summed E-state index contributed by atoms with van der Waals surface area (Å²) in [5.74, 6) is 1.65. The van der Waals surface area contributed by atoms with E-state index in [-0.39, 0.29) is 30.3 Å². The summed E-state index contributed by atoms with van der Waals surface area (Å²) >= 11 is 1.73. The SMILES string of the molecule is Cc1ccc(NC(=O)C2(CNC(=O)C3CSCN3)CCCC2)cc1C.Cl. The third-order valence-electron chi connectivity index (χ3n) is 5.44. The summed E-state index contributed by atoms with van der Waals surface area (Å²) in [5, 5.41) is 9.27. The van der Waals surface area contributed by atoms with Crippen molar-refractivity contribution < 1.29 is 9.59 Å². The van der Waals surface area contributed by atoms with Crippen LogP contribution in [0.4, 0.5) is 5.69 Å². The molecule has 0 bridgehead atoms. The first kappa shape index (κ1) is 21.1. The van der Waals surface area contributed by atoms with Crippen molar-refractivity contribution in [1.29, 1.82) is 0 Å². The average molecular weight is 398 g/mol. The van der Waals surface area contributed by atoms with Crippen LogP contribution in [0.1, 0.15) is 36.8 Å². The van der Waals surface area contributed by atoms with Crippen LogP contribution < -0.4 is 16.0 Å². The highest BCUT2D eigenvalue weighted by Gasteiger charge is 2.41. The second-order valence-corrected chi connectivity index (χ2v) is 8.26. The maximum Gasteiger partial charge on any atom is 0.238 e. The molecule has 1 aliphatic heterocycles. The van der Waals surface area contributed by atoms with Crippen molar-refractivity contribution in [1.82, 2.24) is 10.6 Å². The second kappa shape index (κ2) is 9.11. The van der Waals surface area contributed by atoms with Gasteiger partial charge < -0.3 is 10.6 Å². The Morgan fingerprint density at radius 1 is 1.23 bits per heavy atom. The Kier molecular flexibility index (Phi) is 7.38. The molecule has 1 aromatic rings. The van der Waals surface area contributed by atoms with Gasteiger partial charge in [0.05, 0.1) is 11.5 Å². The molecule has 144 valence electrons. The van der Waals surface area contributed by atoms with Crippen molar-refractivity contribution >= 4 is 41.7 Å². The molecule has 7 heteroatoms. The van der Waals surface area contributed by atoms with Gasteiger partial charge in [0.25, 0.3) is 0 Å². The lowest BCUT2D eigenvalue weighted by Crippen LogP contribution is -2.49. The molecule has 1 unspecified atom stereocenters. The second-order valence-electron chi connectivity index (χ2n) is 7.23. The maximum absolute atomic E-state index is 13.0. The Morgan fingerprint density at radius 3 is 2.58 bits per heavy atom. The van der Waals surface area contributed by atoms with E-state index >= 15 is 0 Å². The highest BCUT2D eigenvalue weighted by Crippen LogP contribution is 2.38. The summed E-state index contributed by atoms with van der Waals surface area (Å²) in [6.07, 6.45) is 3.73. The first-order chi connectivity index (χ1) is 12.0. The van der Waals surface area contributed by atoms with E-state index in [1.165, 1.54) is 5.56 Å². The summed E-state index contributed by atoms with van der Waals surface area (Å²) in [6.45, 7) is 4.53. The minimum Gasteiger partial charge on any atom is -0.354 e. The van der Waals surface area contributed by atoms with Crippen molar-refractivity contribution in [3.05, 3.63) is 29.3 Å². The number of benzene rings is 1. The lowest BCUT2D eigenvalue weighted by molar-refractivity contribution is -0.127. The van der Waals surface area contributed by atoms with Gasteiger partial charge in [-0.1, -0.05) is 18.9 Å². The summed E-state index contributed by atoms with van der Waals surface area (Å²) in [4.78, 5) is 25.3. The minimum absolute atomic E-state index is 0. The third-order valence-corrected chi connectivity index (χ3v) is 6.38. The van der Waals surface area contributed by atoms with Gasteiger partial charge in [0.1, 0.15) is 0 Å². The minimum atomic E-state index is -0.486. The lowest BCUT2D eigenvalue weighted by atomic mass is 9.84. The molecule has 1 heterocycles. The lowest BCUT2D eigenvalue weighted by Gasteiger charge is -2.28. The fourth-order valence-corrected chi connectivity index (χ4v) is 4.50. The van der Waals surface area contributed by atoms with Crippen LogP contribution >= 0.6 is 24.2 Å². The van der Waals surface area contributed by atoms with Gasteiger partial charge in [-0.3, -0.25) is 14.9 Å². The number of thioether (sulfide) groups is 1. The van der Waals surface area contributed by atoms with Crippen molar-refractivity contribution in [2.75, 3.05) is 23.5 Å². The van der Waals surface area contributed by atoms with Gasteiger partial charge >= 0.3 is 0 Å². The fraction of sp³-hybridized carbons (Fsp3) is 0.579. The predicted octanol–water partition coefficient (Wildman–Crippen LogP) is 3.00. The number of carbonyl (C=O) groups excluding carboxylic acids is 2. The number of carbonyl (C=O) groups is 2. The van der Waals surface area contributed by atoms with E-state index in [2.05, 4.69) is 22.9 Å². The topological polar surface area (TPSA) is 70.2 Å². The Morgan fingerprint density at radius 2 is 1.96 bits per heavy atom. The molecule has 2 fully saturated rings. The van der Waals surface area contributed by atoms with Crippen LogP contribution in [0.25, 0.3) is 0 Å². The molecular weight excluding hydrogens is 370 g/mol. The van der Waals surface area contributed by atoms with Crippen LogP contribution in [0, 0.1) is 19.3 Å². The van der Waals surface area contributed by atoms with Gasteiger partial charge in [0, 0.05) is 23.9 Å². The molecule has 26 heavy (non-hydrogen) atoms. The van der Waals surface area contributed by atoms with Gasteiger partial charge in [0.2, 0.25) is 11.8 Å². The highest BCUT2D eigenvalue weighted by atomic mass is 35.5. The number of rotatable bonds is 5. The van der Waals surface area contributed by atoms with Crippen LogP contribution in [0.15, 0.2) is 18.2 Å². The molecule has 1 saturated carbocycles. The molecule has 1 saturated heterocycles. The van der Waals surface area contributed by atoms with E-state index < -0.39 is 5.41 Å². The van der Waals surface area contributed by atoms with E-state index in [0.29, 0.717) is 6.54 Å². The number of hydrogen-bond donors (Lipinski definition) is 3. The van der Waals surface area contributed by atoms with E-state index in [1.807, 2.05) is 25.1 Å². The number of nitrogens with one attached hydrogen (secondary N) is 3. The van der Waals surface area contributed by atoms with Crippen molar-refractivity contribution in [3.63, 3.8) is 0 Å². The summed E-state index contributed by atoms with van der Waals surface area (Å²) < 4.78 is 0. The smallest absolute Gasteiger partial charge is 0.238 e. The van der Waals surface area contributed by atoms with Gasteiger partial charge in [-0.2, -0.15) is 0 Å². The highest BCUT2D eigenvalue weighted by molar-refractivity contribution is 7.99. The Hall–Kier alpha value is -1.24. The van der Waals surface area contributed by atoms with Crippen molar-refractivity contribution in [3.8, 4) is 0 Å². The summed E-state index contributed by atoms with van der Waals surface area (Å²) in [5.41, 5.74) is 2.72. The van der Waals surface area contributed by atoms with Crippen LogP contribution in [0.3, 0.4) is 0 Å². The van der Waals surface area contributed by atoms with Crippen LogP contribution in [0.5, 0.6) is 0 Å². The molecule has 0 aromatic heterocycles. The Labute approximate surface area is 165 Å². The van der Waals surface area contributed by atoms with Gasteiger partial charge in [-0.05, 0) is 49.9 Å². The third kappa shape index (κ3) is 4.72. The normalized spacial score (nSPS) is 21.1. The zero-order valence-electron chi connectivity index (χ0n) is 15.4. The van der Waals surface area contributed by atoms with Crippen LogP contribution in [0.2, 0.25) is 0 Å². The number of hydrogen-bond acceptors (Lipinski definition) is 4. The van der Waals surface area contributed by atoms with Crippen molar-refractivity contribution in [2.45, 2.75) is 45.6 Å².